The summed E-state index contributed by atoms with van der Waals surface area (Å²) >= 11 is 0. The SMILES string of the molecule is NOCC1(c2ccc(C(F)(F)F)o2)CC1. The largest absolute Gasteiger partial charge is 0.456 e. The van der Waals surface area contributed by atoms with Crippen LogP contribution < -0.4 is 5.90 Å². The fourth-order valence-corrected chi connectivity index (χ4v) is 1.55. The van der Waals surface area contributed by atoms with E-state index in [2.05, 4.69) is 4.84 Å². The van der Waals surface area contributed by atoms with Crippen molar-refractivity contribution >= 4 is 0 Å². The van der Waals surface area contributed by atoms with E-state index in [4.69, 9.17) is 10.3 Å². The van der Waals surface area contributed by atoms with Gasteiger partial charge >= 0.3 is 6.18 Å². The Balaban J connectivity index is 2.21. The van der Waals surface area contributed by atoms with E-state index in [1.54, 1.807) is 0 Å². The Hall–Kier alpha value is -1.01. The monoisotopic (exact) mass is 221 g/mol. The molecule has 0 aliphatic heterocycles. The van der Waals surface area contributed by atoms with Gasteiger partial charge in [0.15, 0.2) is 0 Å². The third-order valence-electron chi connectivity index (χ3n) is 2.62. The van der Waals surface area contributed by atoms with Crippen LogP contribution in [0.5, 0.6) is 0 Å². The predicted octanol–water partition coefficient (Wildman–Crippen LogP) is 2.22. The molecule has 1 aromatic rings. The molecule has 1 fully saturated rings. The Labute approximate surface area is 83.9 Å². The molecule has 2 rings (SSSR count). The smallest absolute Gasteiger partial charge is 0.449 e. The summed E-state index contributed by atoms with van der Waals surface area (Å²) in [5, 5.41) is 0. The highest BCUT2D eigenvalue weighted by atomic mass is 19.4. The molecule has 1 aromatic heterocycles. The zero-order valence-corrected chi connectivity index (χ0v) is 7.80. The first-order valence-electron chi connectivity index (χ1n) is 4.47. The van der Waals surface area contributed by atoms with Gasteiger partial charge in [-0.2, -0.15) is 13.2 Å². The van der Waals surface area contributed by atoms with Crippen molar-refractivity contribution in [3.05, 3.63) is 23.7 Å². The Kier molecular flexibility index (Phi) is 2.27. The molecule has 1 saturated carbocycles. The Morgan fingerprint density at radius 3 is 2.47 bits per heavy atom. The van der Waals surface area contributed by atoms with Crippen LogP contribution in [-0.4, -0.2) is 6.61 Å². The van der Waals surface area contributed by atoms with Crippen molar-refractivity contribution in [1.82, 2.24) is 0 Å². The van der Waals surface area contributed by atoms with Crippen LogP contribution in [0, 0.1) is 0 Å². The Bertz CT molecular complexity index is 354. The van der Waals surface area contributed by atoms with Gasteiger partial charge in [-0.3, -0.25) is 0 Å². The molecule has 2 N–H and O–H groups in total. The van der Waals surface area contributed by atoms with Crippen LogP contribution in [-0.2, 0) is 16.4 Å². The highest BCUT2D eigenvalue weighted by Gasteiger charge is 2.48. The molecule has 0 unspecified atom stereocenters. The van der Waals surface area contributed by atoms with Crippen LogP contribution in [0.3, 0.4) is 0 Å². The van der Waals surface area contributed by atoms with Gasteiger partial charge in [0.05, 0.1) is 12.0 Å². The summed E-state index contributed by atoms with van der Waals surface area (Å²) in [5.41, 5.74) is -0.432. The number of hydrogen-bond acceptors (Lipinski definition) is 3. The summed E-state index contributed by atoms with van der Waals surface area (Å²) < 4.78 is 41.5. The second kappa shape index (κ2) is 3.24. The van der Waals surface area contributed by atoms with E-state index in [0.717, 1.165) is 18.9 Å². The maximum absolute atomic E-state index is 12.2. The van der Waals surface area contributed by atoms with Crippen LogP contribution >= 0.6 is 0 Å². The van der Waals surface area contributed by atoms with E-state index in [9.17, 15) is 13.2 Å². The number of halogens is 3. The quantitative estimate of drug-likeness (QED) is 0.796. The highest BCUT2D eigenvalue weighted by Crippen LogP contribution is 2.49. The highest BCUT2D eigenvalue weighted by molar-refractivity contribution is 5.25. The fraction of sp³-hybridized carbons (Fsp3) is 0.556. The predicted molar refractivity (Wildman–Crippen MR) is 44.8 cm³/mol. The normalized spacial score (nSPS) is 19.2. The maximum atomic E-state index is 12.2. The van der Waals surface area contributed by atoms with E-state index in [-0.39, 0.29) is 6.61 Å². The van der Waals surface area contributed by atoms with Crippen molar-refractivity contribution in [1.29, 1.82) is 0 Å². The maximum Gasteiger partial charge on any atom is 0.449 e. The van der Waals surface area contributed by atoms with Crippen LogP contribution in [0.2, 0.25) is 0 Å². The third-order valence-corrected chi connectivity index (χ3v) is 2.62. The van der Waals surface area contributed by atoms with Crippen LogP contribution in [0.15, 0.2) is 16.5 Å². The van der Waals surface area contributed by atoms with E-state index in [1.165, 1.54) is 6.07 Å². The second-order valence-electron chi connectivity index (χ2n) is 3.75. The molecular formula is C9H10F3NO2. The first-order valence-corrected chi connectivity index (χ1v) is 4.47. The zero-order chi connectivity index (χ0) is 11.1. The van der Waals surface area contributed by atoms with Gasteiger partial charge in [-0.1, -0.05) is 0 Å². The molecule has 0 bridgehead atoms. The van der Waals surface area contributed by atoms with E-state index >= 15 is 0 Å². The van der Waals surface area contributed by atoms with Crippen molar-refractivity contribution in [3.63, 3.8) is 0 Å². The van der Waals surface area contributed by atoms with E-state index in [0.29, 0.717) is 5.76 Å². The first kappa shape index (κ1) is 10.5. The van der Waals surface area contributed by atoms with Crippen molar-refractivity contribution in [2.45, 2.75) is 24.4 Å². The summed E-state index contributed by atoms with van der Waals surface area (Å²) in [4.78, 5) is 4.48. The molecule has 6 heteroatoms. The van der Waals surface area contributed by atoms with Crippen molar-refractivity contribution in [3.8, 4) is 0 Å². The summed E-state index contributed by atoms with van der Waals surface area (Å²) in [6.45, 7) is 0.192. The third kappa shape index (κ3) is 1.87. The topological polar surface area (TPSA) is 48.4 Å². The average Bonchev–Trinajstić information content (AvgIpc) is 2.75. The van der Waals surface area contributed by atoms with Crippen molar-refractivity contribution < 1.29 is 22.4 Å². The number of hydrogen-bond donors (Lipinski definition) is 1. The van der Waals surface area contributed by atoms with Gasteiger partial charge in [0, 0.05) is 0 Å². The van der Waals surface area contributed by atoms with Crippen LogP contribution in [0.25, 0.3) is 0 Å². The molecule has 1 aliphatic carbocycles. The lowest BCUT2D eigenvalue weighted by atomic mass is 10.1. The number of rotatable bonds is 3. The molecular weight excluding hydrogens is 211 g/mol. The van der Waals surface area contributed by atoms with Crippen LogP contribution in [0.1, 0.15) is 24.4 Å². The minimum atomic E-state index is -4.43. The summed E-state index contributed by atoms with van der Waals surface area (Å²) in [7, 11) is 0. The van der Waals surface area contributed by atoms with Gasteiger partial charge < -0.3 is 9.25 Å². The van der Waals surface area contributed by atoms with Gasteiger partial charge in [-0.15, -0.1) is 0 Å². The molecule has 0 amide bonds. The lowest BCUT2D eigenvalue weighted by Gasteiger charge is -2.09. The fourth-order valence-electron chi connectivity index (χ4n) is 1.55. The first-order chi connectivity index (χ1) is 6.98. The summed E-state index contributed by atoms with van der Waals surface area (Å²) in [5.74, 6) is 4.26. The Morgan fingerprint density at radius 1 is 1.40 bits per heavy atom. The van der Waals surface area contributed by atoms with Crippen molar-refractivity contribution in [2.75, 3.05) is 6.61 Å². The lowest BCUT2D eigenvalue weighted by Crippen LogP contribution is -2.17. The molecule has 3 nitrogen and oxygen atoms in total. The van der Waals surface area contributed by atoms with Gasteiger partial charge in [0.1, 0.15) is 5.76 Å². The minimum absolute atomic E-state index is 0.192. The van der Waals surface area contributed by atoms with E-state index < -0.39 is 17.4 Å². The number of nitrogens with two attached hydrogens (primary N) is 1. The molecule has 0 saturated heterocycles. The van der Waals surface area contributed by atoms with Gasteiger partial charge in [-0.25, -0.2) is 5.90 Å². The molecule has 0 atom stereocenters. The molecule has 1 aliphatic rings. The van der Waals surface area contributed by atoms with Gasteiger partial charge in [0.2, 0.25) is 5.76 Å². The standard InChI is InChI=1S/C9H10F3NO2/c10-9(11,12)7-2-1-6(15-7)8(3-4-8)5-14-13/h1-2H,3-5,13H2. The summed E-state index contributed by atoms with van der Waals surface area (Å²) in [6, 6.07) is 2.28. The molecule has 0 spiro atoms. The average molecular weight is 221 g/mol. The second-order valence-corrected chi connectivity index (χ2v) is 3.75. The molecule has 0 radical (unpaired) electrons. The van der Waals surface area contributed by atoms with Gasteiger partial charge in [0.25, 0.3) is 0 Å². The Morgan fingerprint density at radius 2 is 2.07 bits per heavy atom. The van der Waals surface area contributed by atoms with E-state index in [1.807, 2.05) is 0 Å². The minimum Gasteiger partial charge on any atom is -0.456 e. The zero-order valence-electron chi connectivity index (χ0n) is 7.80. The number of alkyl halides is 3. The number of furan rings is 1. The van der Waals surface area contributed by atoms with Crippen LogP contribution in [0.4, 0.5) is 13.2 Å². The molecule has 84 valence electrons. The molecule has 15 heavy (non-hydrogen) atoms. The lowest BCUT2D eigenvalue weighted by molar-refractivity contribution is -0.153. The molecule has 0 aromatic carbocycles. The molecule has 1 heterocycles. The summed E-state index contributed by atoms with van der Waals surface area (Å²) in [6.07, 6.45) is -2.94. The van der Waals surface area contributed by atoms with Gasteiger partial charge in [-0.05, 0) is 25.0 Å². The van der Waals surface area contributed by atoms with Crippen molar-refractivity contribution in [2.24, 2.45) is 5.90 Å².